The van der Waals surface area contributed by atoms with Crippen LogP contribution in [0.25, 0.3) is 0 Å². The summed E-state index contributed by atoms with van der Waals surface area (Å²) in [6.07, 6.45) is 7.77. The van der Waals surface area contributed by atoms with Gasteiger partial charge < -0.3 is 15.0 Å². The van der Waals surface area contributed by atoms with E-state index in [9.17, 15) is 14.4 Å². The summed E-state index contributed by atoms with van der Waals surface area (Å²) >= 11 is 0. The van der Waals surface area contributed by atoms with Crippen molar-refractivity contribution in [1.82, 2.24) is 10.2 Å². The quantitative estimate of drug-likeness (QED) is 0.632. The molecule has 1 saturated heterocycles. The first kappa shape index (κ1) is 23.6. The largest absolute Gasteiger partial charge is 0.466 e. The number of esters is 1. The van der Waals surface area contributed by atoms with Crippen molar-refractivity contribution in [3.05, 3.63) is 0 Å². The number of piperidine rings is 1. The third-order valence-electron chi connectivity index (χ3n) is 8.64. The Morgan fingerprint density at radius 1 is 0.969 bits per heavy atom. The minimum atomic E-state index is -0.388. The maximum Gasteiger partial charge on any atom is 0.311 e. The number of carbonyl (C=O) groups excluding carboxylic acids is 3. The molecule has 5 aliphatic rings. The first-order valence-corrected chi connectivity index (χ1v) is 12.9. The van der Waals surface area contributed by atoms with Crippen LogP contribution < -0.4 is 5.32 Å². The van der Waals surface area contributed by atoms with Gasteiger partial charge in [-0.05, 0) is 81.5 Å². The minimum Gasteiger partial charge on any atom is -0.466 e. The summed E-state index contributed by atoms with van der Waals surface area (Å²) in [4.78, 5) is 40.3. The van der Waals surface area contributed by atoms with E-state index in [0.29, 0.717) is 56.8 Å². The lowest BCUT2D eigenvalue weighted by molar-refractivity contribution is -0.157. The molecule has 0 aromatic heterocycles. The summed E-state index contributed by atoms with van der Waals surface area (Å²) in [5.74, 6) is 3.04. The zero-order valence-corrected chi connectivity index (χ0v) is 20.4. The summed E-state index contributed by atoms with van der Waals surface area (Å²) in [6.45, 7) is 9.71. The van der Waals surface area contributed by atoms with Gasteiger partial charge in [0.05, 0.1) is 12.5 Å². The van der Waals surface area contributed by atoms with Gasteiger partial charge in [-0.2, -0.15) is 0 Å². The maximum atomic E-state index is 13.0. The van der Waals surface area contributed by atoms with Gasteiger partial charge in [0, 0.05) is 31.0 Å². The highest BCUT2D eigenvalue weighted by Gasteiger charge is 2.52. The Labute approximate surface area is 193 Å². The number of ether oxygens (including phenoxy) is 1. The van der Waals surface area contributed by atoms with E-state index < -0.39 is 0 Å². The molecule has 1 heterocycles. The zero-order valence-electron chi connectivity index (χ0n) is 20.4. The van der Waals surface area contributed by atoms with Gasteiger partial charge in [-0.1, -0.05) is 20.8 Å². The van der Waals surface area contributed by atoms with Crippen LogP contribution >= 0.6 is 0 Å². The molecule has 5 rings (SSSR count). The lowest BCUT2D eigenvalue weighted by Crippen LogP contribution is -2.52. The Bertz CT molecular complexity index is 692. The second kappa shape index (κ2) is 9.34. The molecule has 2 amide bonds. The fraction of sp³-hybridized carbons (Fsp3) is 0.885. The summed E-state index contributed by atoms with van der Waals surface area (Å²) in [6, 6.07) is 0. The molecule has 4 saturated carbocycles. The van der Waals surface area contributed by atoms with Gasteiger partial charge in [-0.15, -0.1) is 0 Å². The Hall–Kier alpha value is -1.59. The van der Waals surface area contributed by atoms with Crippen LogP contribution in [-0.4, -0.2) is 48.9 Å². The highest BCUT2D eigenvalue weighted by molar-refractivity contribution is 5.83. The fourth-order valence-corrected chi connectivity index (χ4v) is 7.42. The number of nitrogens with one attached hydrogen (secondary N) is 1. The standard InChI is InChI=1S/C26H42N2O4/c1-5-32-24(30)21(22-19-11-16-10-17(13-19)14-20(22)12-16)15-27-23(29)18-6-8-28(9-7-18)25(31)26(2,3)4/h16-22H,5-15H2,1-4H3,(H,27,29)/t16?,17?,19?,20?,21-,22?/m0/s1. The summed E-state index contributed by atoms with van der Waals surface area (Å²) < 4.78 is 5.48. The van der Waals surface area contributed by atoms with E-state index in [4.69, 9.17) is 4.74 Å². The van der Waals surface area contributed by atoms with Crippen LogP contribution in [0, 0.1) is 46.8 Å². The van der Waals surface area contributed by atoms with Crippen LogP contribution in [-0.2, 0) is 19.1 Å². The Morgan fingerprint density at radius 2 is 1.53 bits per heavy atom. The normalized spacial score (nSPS) is 33.1. The van der Waals surface area contributed by atoms with Gasteiger partial charge in [0.1, 0.15) is 0 Å². The van der Waals surface area contributed by atoms with Gasteiger partial charge >= 0.3 is 5.97 Å². The van der Waals surface area contributed by atoms with Gasteiger partial charge in [0.15, 0.2) is 0 Å². The third kappa shape index (κ3) is 4.84. The lowest BCUT2D eigenvalue weighted by Gasteiger charge is -2.56. The molecule has 0 spiro atoms. The van der Waals surface area contributed by atoms with Crippen LogP contribution in [0.1, 0.15) is 72.6 Å². The van der Waals surface area contributed by atoms with Crippen LogP contribution in [0.15, 0.2) is 0 Å². The monoisotopic (exact) mass is 446 g/mol. The van der Waals surface area contributed by atoms with Crippen molar-refractivity contribution in [3.8, 4) is 0 Å². The molecule has 4 bridgehead atoms. The first-order chi connectivity index (χ1) is 15.2. The molecule has 6 heteroatoms. The van der Waals surface area contributed by atoms with E-state index in [2.05, 4.69) is 5.32 Å². The number of carbonyl (C=O) groups is 3. The fourth-order valence-electron chi connectivity index (χ4n) is 7.42. The average Bonchev–Trinajstić information content (AvgIpc) is 2.74. The highest BCUT2D eigenvalue weighted by atomic mass is 16.5. The topological polar surface area (TPSA) is 75.7 Å². The average molecular weight is 447 g/mol. The molecule has 32 heavy (non-hydrogen) atoms. The molecule has 1 atom stereocenters. The predicted octanol–water partition coefficient (Wildman–Crippen LogP) is 3.64. The summed E-state index contributed by atoms with van der Waals surface area (Å²) in [5.41, 5.74) is -0.388. The number of hydrogen-bond donors (Lipinski definition) is 1. The Kier molecular flexibility index (Phi) is 6.88. The van der Waals surface area contributed by atoms with Crippen molar-refractivity contribution in [1.29, 1.82) is 0 Å². The first-order valence-electron chi connectivity index (χ1n) is 12.9. The number of hydrogen-bond acceptors (Lipinski definition) is 4. The van der Waals surface area contributed by atoms with Crippen molar-refractivity contribution in [2.24, 2.45) is 46.8 Å². The Morgan fingerprint density at radius 3 is 2.03 bits per heavy atom. The van der Waals surface area contributed by atoms with Crippen LogP contribution in [0.4, 0.5) is 0 Å². The maximum absolute atomic E-state index is 13.0. The lowest BCUT2D eigenvalue weighted by atomic mass is 9.49. The van der Waals surface area contributed by atoms with E-state index in [0.717, 1.165) is 11.8 Å². The van der Waals surface area contributed by atoms with Crippen molar-refractivity contribution in [2.75, 3.05) is 26.2 Å². The Balaban J connectivity index is 1.34. The molecular formula is C26H42N2O4. The predicted molar refractivity (Wildman–Crippen MR) is 122 cm³/mol. The smallest absolute Gasteiger partial charge is 0.311 e. The van der Waals surface area contributed by atoms with Crippen molar-refractivity contribution >= 4 is 17.8 Å². The van der Waals surface area contributed by atoms with E-state index in [1.165, 1.54) is 32.1 Å². The molecule has 1 N–H and O–H groups in total. The van der Waals surface area contributed by atoms with Gasteiger partial charge in [0.25, 0.3) is 0 Å². The van der Waals surface area contributed by atoms with Crippen molar-refractivity contribution < 1.29 is 19.1 Å². The van der Waals surface area contributed by atoms with E-state index in [1.54, 1.807) is 0 Å². The van der Waals surface area contributed by atoms with Gasteiger partial charge in [0.2, 0.25) is 11.8 Å². The molecule has 5 fully saturated rings. The second-order valence-corrected chi connectivity index (χ2v) is 11.9. The molecule has 0 aromatic carbocycles. The van der Waals surface area contributed by atoms with Crippen LogP contribution in [0.2, 0.25) is 0 Å². The van der Waals surface area contributed by atoms with E-state index >= 15 is 0 Å². The number of likely N-dealkylation sites (tertiary alicyclic amines) is 1. The molecule has 4 aliphatic carbocycles. The van der Waals surface area contributed by atoms with Crippen LogP contribution in [0.3, 0.4) is 0 Å². The minimum absolute atomic E-state index is 0.0333. The molecular weight excluding hydrogens is 404 g/mol. The highest BCUT2D eigenvalue weighted by Crippen LogP contribution is 2.58. The summed E-state index contributed by atoms with van der Waals surface area (Å²) in [5, 5.41) is 3.13. The molecule has 180 valence electrons. The second-order valence-electron chi connectivity index (χ2n) is 11.9. The van der Waals surface area contributed by atoms with Gasteiger partial charge in [-0.3, -0.25) is 14.4 Å². The third-order valence-corrected chi connectivity index (χ3v) is 8.64. The van der Waals surface area contributed by atoms with E-state index in [-0.39, 0.29) is 35.0 Å². The van der Waals surface area contributed by atoms with Crippen molar-refractivity contribution in [2.45, 2.75) is 72.6 Å². The van der Waals surface area contributed by atoms with Gasteiger partial charge in [-0.25, -0.2) is 0 Å². The van der Waals surface area contributed by atoms with Crippen LogP contribution in [0.5, 0.6) is 0 Å². The number of rotatable bonds is 6. The van der Waals surface area contributed by atoms with E-state index in [1.807, 2.05) is 32.6 Å². The molecule has 0 unspecified atom stereocenters. The molecule has 0 radical (unpaired) electrons. The molecule has 6 nitrogen and oxygen atoms in total. The number of amides is 2. The summed E-state index contributed by atoms with van der Waals surface area (Å²) in [7, 11) is 0. The molecule has 1 aliphatic heterocycles. The molecule has 0 aromatic rings. The SMILES string of the molecule is CCOC(=O)[C@@H](CNC(=O)C1CCN(C(=O)C(C)(C)C)CC1)C1C2CC3CC(C2)CC1C3. The number of nitrogens with zero attached hydrogens (tertiary/aromatic N) is 1. The zero-order chi connectivity index (χ0) is 23.0. The van der Waals surface area contributed by atoms with Crippen molar-refractivity contribution in [3.63, 3.8) is 0 Å².